The lowest BCUT2D eigenvalue weighted by molar-refractivity contribution is 0.226. The van der Waals surface area contributed by atoms with E-state index in [0.717, 1.165) is 17.0 Å². The highest BCUT2D eigenvalue weighted by Gasteiger charge is 2.26. The van der Waals surface area contributed by atoms with Gasteiger partial charge in [0.1, 0.15) is 12.4 Å². The number of para-hydroxylation sites is 1. The maximum Gasteiger partial charge on any atom is 0.148 e. The van der Waals surface area contributed by atoms with Crippen molar-refractivity contribution >= 4 is 5.69 Å². The van der Waals surface area contributed by atoms with E-state index in [1.807, 2.05) is 18.2 Å². The van der Waals surface area contributed by atoms with E-state index in [2.05, 4.69) is 19.2 Å². The number of nitrogens with one attached hydrogen (secondary N) is 1. The molecular weight excluding hydrogens is 178 g/mol. The molecule has 76 valence electrons. The van der Waals surface area contributed by atoms with Gasteiger partial charge < -0.3 is 15.2 Å². The number of rotatable bonds is 1. The molecule has 1 aliphatic heterocycles. The van der Waals surface area contributed by atoms with Gasteiger partial charge in [-0.2, -0.15) is 0 Å². The number of benzene rings is 1. The second-order valence-corrected chi connectivity index (χ2v) is 4.25. The van der Waals surface area contributed by atoms with Crippen LogP contribution in [0.3, 0.4) is 0 Å². The molecule has 0 aliphatic carbocycles. The molecule has 1 aromatic carbocycles. The molecule has 0 unspecified atom stereocenters. The van der Waals surface area contributed by atoms with Gasteiger partial charge in [0.15, 0.2) is 0 Å². The lowest BCUT2D eigenvalue weighted by atomic mass is 10.0. The van der Waals surface area contributed by atoms with Gasteiger partial charge in [0.05, 0.1) is 17.8 Å². The number of aliphatic hydroxyl groups is 1. The third-order valence-electron chi connectivity index (χ3n) is 2.32. The Morgan fingerprint density at radius 3 is 3.00 bits per heavy atom. The Bertz CT molecular complexity index is 347. The fraction of sp³-hybridized carbons (Fsp3) is 0.455. The van der Waals surface area contributed by atoms with Crippen molar-refractivity contribution in [2.24, 2.45) is 0 Å². The molecule has 0 aromatic heterocycles. The Hall–Kier alpha value is -1.22. The molecule has 0 saturated carbocycles. The van der Waals surface area contributed by atoms with Crippen molar-refractivity contribution in [2.75, 3.05) is 11.9 Å². The van der Waals surface area contributed by atoms with Crippen LogP contribution >= 0.6 is 0 Å². The van der Waals surface area contributed by atoms with Gasteiger partial charge >= 0.3 is 0 Å². The monoisotopic (exact) mass is 193 g/mol. The predicted octanol–water partition coefficient (Wildman–Crippen LogP) is 1.76. The van der Waals surface area contributed by atoms with Gasteiger partial charge in [-0.25, -0.2) is 0 Å². The molecule has 0 bridgehead atoms. The number of hydrogen-bond acceptors (Lipinski definition) is 3. The van der Waals surface area contributed by atoms with Gasteiger partial charge in [-0.1, -0.05) is 12.1 Å². The van der Waals surface area contributed by atoms with Crippen molar-refractivity contribution in [1.82, 2.24) is 0 Å². The first kappa shape index (κ1) is 9.34. The van der Waals surface area contributed by atoms with Crippen molar-refractivity contribution in [3.63, 3.8) is 0 Å². The quantitative estimate of drug-likeness (QED) is 0.714. The molecular formula is C11H15NO2. The number of aliphatic hydroxyl groups excluding tert-OH is 1. The maximum atomic E-state index is 9.12. The molecule has 3 heteroatoms. The van der Waals surface area contributed by atoms with E-state index in [4.69, 9.17) is 9.84 Å². The smallest absolute Gasteiger partial charge is 0.148 e. The van der Waals surface area contributed by atoms with Crippen molar-refractivity contribution in [3.05, 3.63) is 23.8 Å². The van der Waals surface area contributed by atoms with Gasteiger partial charge in [-0.3, -0.25) is 0 Å². The minimum atomic E-state index is -0.0406. The zero-order chi connectivity index (χ0) is 10.2. The largest absolute Gasteiger partial charge is 0.489 e. The summed E-state index contributed by atoms with van der Waals surface area (Å²) in [4.78, 5) is 0. The average Bonchev–Trinajstić information content (AvgIpc) is 2.15. The first-order valence-electron chi connectivity index (χ1n) is 4.76. The van der Waals surface area contributed by atoms with E-state index in [1.54, 1.807) is 0 Å². The standard InChI is InChI=1S/C11H15NO2/c1-11(2)7-14-10-8(6-13)4-3-5-9(10)12-11/h3-5,12-13H,6-7H2,1-2H3. The molecule has 0 radical (unpaired) electrons. The van der Waals surface area contributed by atoms with E-state index in [9.17, 15) is 0 Å². The Morgan fingerprint density at radius 2 is 2.29 bits per heavy atom. The summed E-state index contributed by atoms with van der Waals surface area (Å²) in [6.45, 7) is 4.81. The van der Waals surface area contributed by atoms with Crippen molar-refractivity contribution < 1.29 is 9.84 Å². The molecule has 3 nitrogen and oxygen atoms in total. The Balaban J connectivity index is 2.40. The second-order valence-electron chi connectivity index (χ2n) is 4.25. The molecule has 0 fully saturated rings. The van der Waals surface area contributed by atoms with E-state index in [0.29, 0.717) is 6.61 Å². The van der Waals surface area contributed by atoms with Crippen LogP contribution in [0.15, 0.2) is 18.2 Å². The number of anilines is 1. The molecule has 0 saturated heterocycles. The topological polar surface area (TPSA) is 41.5 Å². The highest BCUT2D eigenvalue weighted by atomic mass is 16.5. The lowest BCUT2D eigenvalue weighted by Gasteiger charge is -2.34. The fourth-order valence-electron chi connectivity index (χ4n) is 1.63. The Morgan fingerprint density at radius 1 is 1.50 bits per heavy atom. The Labute approximate surface area is 83.7 Å². The van der Waals surface area contributed by atoms with Crippen LogP contribution < -0.4 is 10.1 Å². The lowest BCUT2D eigenvalue weighted by Crippen LogP contribution is -2.41. The van der Waals surface area contributed by atoms with Crippen molar-refractivity contribution in [3.8, 4) is 5.75 Å². The number of ether oxygens (including phenoxy) is 1. The van der Waals surface area contributed by atoms with Crippen LogP contribution in [0.4, 0.5) is 5.69 Å². The third-order valence-corrected chi connectivity index (χ3v) is 2.32. The summed E-state index contributed by atoms with van der Waals surface area (Å²) < 4.78 is 5.64. The Kier molecular flexibility index (Phi) is 2.11. The third kappa shape index (κ3) is 1.55. The first-order chi connectivity index (χ1) is 6.62. The highest BCUT2D eigenvalue weighted by molar-refractivity contribution is 5.62. The second kappa shape index (κ2) is 3.17. The van der Waals surface area contributed by atoms with E-state index < -0.39 is 0 Å². The van der Waals surface area contributed by atoms with Crippen molar-refractivity contribution in [2.45, 2.75) is 26.0 Å². The van der Waals surface area contributed by atoms with Crippen LogP contribution in [0.1, 0.15) is 19.4 Å². The first-order valence-corrected chi connectivity index (χ1v) is 4.76. The summed E-state index contributed by atoms with van der Waals surface area (Å²) in [6.07, 6.45) is 0. The normalized spacial score (nSPS) is 17.9. The van der Waals surface area contributed by atoms with Crippen LogP contribution in [-0.4, -0.2) is 17.3 Å². The highest BCUT2D eigenvalue weighted by Crippen LogP contribution is 2.35. The summed E-state index contributed by atoms with van der Waals surface area (Å²) in [7, 11) is 0. The maximum absolute atomic E-state index is 9.12. The minimum absolute atomic E-state index is 0.0191. The molecule has 0 amide bonds. The van der Waals surface area contributed by atoms with E-state index in [-0.39, 0.29) is 12.1 Å². The summed E-state index contributed by atoms with van der Waals surface area (Å²) in [5, 5.41) is 12.5. The predicted molar refractivity (Wildman–Crippen MR) is 55.6 cm³/mol. The van der Waals surface area contributed by atoms with Crippen molar-refractivity contribution in [1.29, 1.82) is 0 Å². The molecule has 2 rings (SSSR count). The zero-order valence-corrected chi connectivity index (χ0v) is 8.50. The van der Waals surface area contributed by atoms with Gasteiger partial charge in [-0.05, 0) is 19.9 Å². The molecule has 0 atom stereocenters. The molecule has 1 heterocycles. The van der Waals surface area contributed by atoms with Crippen LogP contribution in [0.2, 0.25) is 0 Å². The molecule has 0 spiro atoms. The summed E-state index contributed by atoms with van der Waals surface area (Å²) >= 11 is 0. The number of fused-ring (bicyclic) bond motifs is 1. The van der Waals surface area contributed by atoms with Gasteiger partial charge in [-0.15, -0.1) is 0 Å². The molecule has 14 heavy (non-hydrogen) atoms. The van der Waals surface area contributed by atoms with Gasteiger partial charge in [0, 0.05) is 5.56 Å². The minimum Gasteiger partial charge on any atom is -0.489 e. The average molecular weight is 193 g/mol. The molecule has 2 N–H and O–H groups in total. The van der Waals surface area contributed by atoms with Gasteiger partial charge in [0.25, 0.3) is 0 Å². The van der Waals surface area contributed by atoms with Crippen LogP contribution in [0, 0.1) is 0 Å². The van der Waals surface area contributed by atoms with Gasteiger partial charge in [0.2, 0.25) is 0 Å². The van der Waals surface area contributed by atoms with E-state index >= 15 is 0 Å². The fourth-order valence-corrected chi connectivity index (χ4v) is 1.63. The summed E-state index contributed by atoms with van der Waals surface area (Å²) in [5.74, 6) is 0.786. The van der Waals surface area contributed by atoms with Crippen LogP contribution in [0.25, 0.3) is 0 Å². The molecule has 1 aliphatic rings. The van der Waals surface area contributed by atoms with Crippen LogP contribution in [-0.2, 0) is 6.61 Å². The van der Waals surface area contributed by atoms with E-state index in [1.165, 1.54) is 0 Å². The summed E-state index contributed by atoms with van der Waals surface area (Å²) in [6, 6.07) is 5.76. The SMILES string of the molecule is CC1(C)COc2c(CO)cccc2N1. The van der Waals surface area contributed by atoms with Crippen LogP contribution in [0.5, 0.6) is 5.75 Å². The zero-order valence-electron chi connectivity index (χ0n) is 8.50. The summed E-state index contributed by atoms with van der Waals surface area (Å²) in [5.41, 5.74) is 1.76. The number of hydrogen-bond donors (Lipinski definition) is 2. The molecule has 1 aromatic rings.